The summed E-state index contributed by atoms with van der Waals surface area (Å²) in [4.78, 5) is 31.0. The number of aliphatic hydroxyl groups excluding tert-OH is 1. The molecule has 8 heteroatoms. The van der Waals surface area contributed by atoms with Crippen molar-refractivity contribution in [2.75, 3.05) is 6.61 Å². The third kappa shape index (κ3) is 4.52. The van der Waals surface area contributed by atoms with Crippen molar-refractivity contribution >= 4 is 22.8 Å². The van der Waals surface area contributed by atoms with Gasteiger partial charge in [-0.25, -0.2) is 9.78 Å². The lowest BCUT2D eigenvalue weighted by Gasteiger charge is -2.12. The van der Waals surface area contributed by atoms with Crippen LogP contribution in [0.2, 0.25) is 5.02 Å². The molecule has 3 aromatic rings. The summed E-state index contributed by atoms with van der Waals surface area (Å²) in [6, 6.07) is 7.52. The van der Waals surface area contributed by atoms with Gasteiger partial charge in [-0.2, -0.15) is 0 Å². The number of fused-ring (bicyclic) bond motifs is 1. The van der Waals surface area contributed by atoms with E-state index in [1.165, 1.54) is 4.57 Å². The van der Waals surface area contributed by atoms with Gasteiger partial charge in [-0.15, -0.1) is 0 Å². The van der Waals surface area contributed by atoms with Crippen molar-refractivity contribution in [2.24, 2.45) is 0 Å². The molecule has 0 aliphatic carbocycles. The highest BCUT2D eigenvalue weighted by atomic mass is 35.5. The number of hydrogen-bond donors (Lipinski definition) is 1. The molecular formula is C22H29ClN4O3. The van der Waals surface area contributed by atoms with Gasteiger partial charge in [0.2, 0.25) is 0 Å². The van der Waals surface area contributed by atoms with Crippen LogP contribution in [0, 0.1) is 0 Å². The Labute approximate surface area is 180 Å². The molecule has 0 amide bonds. The standard InChI is InChI=1S/C22H29ClN4O3/c1-3-5-6-8-18-24-20-19(27(18)15-16-9-11-17(23)12-10-16)21(29)26(13-7-14-28)22(30)25(20)4-2/h9-12,28H,3-8,13-15H2,1-2H3. The summed E-state index contributed by atoms with van der Waals surface area (Å²) in [5.41, 5.74) is 1.16. The maximum atomic E-state index is 13.3. The molecule has 0 aliphatic rings. The van der Waals surface area contributed by atoms with Crippen LogP contribution >= 0.6 is 11.6 Å². The molecule has 0 fully saturated rings. The van der Waals surface area contributed by atoms with Gasteiger partial charge in [0, 0.05) is 37.7 Å². The number of unbranched alkanes of at least 4 members (excludes halogenated alkanes) is 2. The summed E-state index contributed by atoms with van der Waals surface area (Å²) >= 11 is 6.02. The van der Waals surface area contributed by atoms with Gasteiger partial charge in [0.1, 0.15) is 5.82 Å². The molecule has 0 radical (unpaired) electrons. The summed E-state index contributed by atoms with van der Waals surface area (Å²) in [6.07, 6.45) is 4.22. The molecule has 162 valence electrons. The maximum Gasteiger partial charge on any atom is 0.332 e. The number of hydrogen-bond acceptors (Lipinski definition) is 4. The SMILES string of the molecule is CCCCCc1nc2c(c(=O)n(CCCO)c(=O)n2CC)n1Cc1ccc(Cl)cc1. The van der Waals surface area contributed by atoms with Gasteiger partial charge >= 0.3 is 5.69 Å². The molecule has 0 atom stereocenters. The van der Waals surface area contributed by atoms with E-state index in [1.54, 1.807) is 4.57 Å². The predicted octanol–water partition coefficient (Wildman–Crippen LogP) is 3.20. The highest BCUT2D eigenvalue weighted by Crippen LogP contribution is 2.18. The molecular weight excluding hydrogens is 404 g/mol. The molecule has 7 nitrogen and oxygen atoms in total. The Balaban J connectivity index is 2.22. The minimum Gasteiger partial charge on any atom is -0.396 e. The van der Waals surface area contributed by atoms with E-state index in [1.807, 2.05) is 35.8 Å². The van der Waals surface area contributed by atoms with Crippen molar-refractivity contribution in [3.8, 4) is 0 Å². The third-order valence-corrected chi connectivity index (χ3v) is 5.56. The predicted molar refractivity (Wildman–Crippen MR) is 119 cm³/mol. The summed E-state index contributed by atoms with van der Waals surface area (Å²) in [5.74, 6) is 0.812. The molecule has 2 heterocycles. The number of nitrogens with zero attached hydrogens (tertiary/aromatic N) is 4. The van der Waals surface area contributed by atoms with Crippen LogP contribution in [0.15, 0.2) is 33.9 Å². The van der Waals surface area contributed by atoms with Crippen LogP contribution in [0.3, 0.4) is 0 Å². The molecule has 0 saturated heterocycles. The number of imidazole rings is 1. The van der Waals surface area contributed by atoms with Crippen LogP contribution < -0.4 is 11.2 Å². The summed E-state index contributed by atoms with van der Waals surface area (Å²) in [6.45, 7) is 5.01. The quantitative estimate of drug-likeness (QED) is 0.499. The zero-order chi connectivity index (χ0) is 21.7. The Morgan fingerprint density at radius 3 is 2.37 bits per heavy atom. The second-order valence-electron chi connectivity index (χ2n) is 7.43. The summed E-state index contributed by atoms with van der Waals surface area (Å²) in [7, 11) is 0. The first-order valence-electron chi connectivity index (χ1n) is 10.6. The molecule has 1 N–H and O–H groups in total. The molecule has 30 heavy (non-hydrogen) atoms. The van der Waals surface area contributed by atoms with E-state index < -0.39 is 0 Å². The van der Waals surface area contributed by atoms with Crippen LogP contribution in [-0.4, -0.2) is 30.4 Å². The van der Waals surface area contributed by atoms with E-state index in [-0.39, 0.29) is 24.4 Å². The molecule has 0 bridgehead atoms. The molecule has 2 aromatic heterocycles. The first kappa shape index (κ1) is 22.3. The highest BCUT2D eigenvalue weighted by molar-refractivity contribution is 6.30. The first-order valence-corrected chi connectivity index (χ1v) is 11.0. The van der Waals surface area contributed by atoms with Crippen molar-refractivity contribution in [3.05, 3.63) is 61.5 Å². The topological polar surface area (TPSA) is 82.1 Å². The second kappa shape index (κ2) is 10.1. The van der Waals surface area contributed by atoms with Crippen molar-refractivity contribution in [3.63, 3.8) is 0 Å². The largest absolute Gasteiger partial charge is 0.396 e. The smallest absolute Gasteiger partial charge is 0.332 e. The van der Waals surface area contributed by atoms with E-state index in [2.05, 4.69) is 6.92 Å². The molecule has 3 rings (SSSR count). The molecule has 0 unspecified atom stereocenters. The van der Waals surface area contributed by atoms with E-state index >= 15 is 0 Å². The van der Waals surface area contributed by atoms with Crippen LogP contribution in [0.25, 0.3) is 11.2 Å². The minimum absolute atomic E-state index is 0.0810. The molecule has 0 aliphatic heterocycles. The Hall–Kier alpha value is -2.38. The monoisotopic (exact) mass is 432 g/mol. The summed E-state index contributed by atoms with van der Waals surface area (Å²) < 4.78 is 4.71. The van der Waals surface area contributed by atoms with Crippen molar-refractivity contribution in [1.29, 1.82) is 0 Å². The normalized spacial score (nSPS) is 11.5. The van der Waals surface area contributed by atoms with E-state index in [9.17, 15) is 14.7 Å². The Morgan fingerprint density at radius 1 is 1.00 bits per heavy atom. The van der Waals surface area contributed by atoms with E-state index in [0.717, 1.165) is 37.1 Å². The zero-order valence-electron chi connectivity index (χ0n) is 17.6. The fourth-order valence-corrected chi connectivity index (χ4v) is 3.84. The number of benzene rings is 1. The zero-order valence-corrected chi connectivity index (χ0v) is 18.4. The van der Waals surface area contributed by atoms with Gasteiger partial charge in [-0.3, -0.25) is 13.9 Å². The molecule has 0 saturated carbocycles. The number of aliphatic hydroxyl groups is 1. The van der Waals surface area contributed by atoms with Gasteiger partial charge in [0.05, 0.1) is 0 Å². The number of rotatable bonds is 10. The molecule has 1 aromatic carbocycles. The maximum absolute atomic E-state index is 13.3. The third-order valence-electron chi connectivity index (χ3n) is 5.31. The number of halogens is 1. The number of aryl methyl sites for hydroxylation is 2. The van der Waals surface area contributed by atoms with E-state index in [4.69, 9.17) is 16.6 Å². The average molecular weight is 433 g/mol. The Bertz CT molecular complexity index is 1110. The van der Waals surface area contributed by atoms with Gasteiger partial charge < -0.3 is 9.67 Å². The van der Waals surface area contributed by atoms with Crippen LogP contribution in [0.4, 0.5) is 0 Å². The van der Waals surface area contributed by atoms with Crippen molar-refractivity contribution < 1.29 is 5.11 Å². The first-order chi connectivity index (χ1) is 14.5. The van der Waals surface area contributed by atoms with Gasteiger partial charge in [-0.05, 0) is 37.5 Å². The minimum atomic E-state index is -0.375. The number of aromatic nitrogens is 4. The highest BCUT2D eigenvalue weighted by Gasteiger charge is 2.21. The second-order valence-corrected chi connectivity index (χ2v) is 7.87. The Kier molecular flexibility index (Phi) is 7.50. The van der Waals surface area contributed by atoms with Gasteiger partial charge in [-0.1, -0.05) is 43.5 Å². The average Bonchev–Trinajstić information content (AvgIpc) is 3.08. The lowest BCUT2D eigenvalue weighted by atomic mass is 10.2. The van der Waals surface area contributed by atoms with Crippen LogP contribution in [-0.2, 0) is 26.1 Å². The lowest BCUT2D eigenvalue weighted by molar-refractivity contribution is 0.277. The summed E-state index contributed by atoms with van der Waals surface area (Å²) in [5, 5.41) is 9.85. The van der Waals surface area contributed by atoms with E-state index in [0.29, 0.717) is 35.7 Å². The fraction of sp³-hybridized carbons (Fsp3) is 0.500. The lowest BCUT2D eigenvalue weighted by Crippen LogP contribution is -2.40. The van der Waals surface area contributed by atoms with Crippen molar-refractivity contribution in [2.45, 2.75) is 65.6 Å². The molecule has 0 spiro atoms. The van der Waals surface area contributed by atoms with Crippen LogP contribution in [0.5, 0.6) is 0 Å². The van der Waals surface area contributed by atoms with Gasteiger partial charge in [0.15, 0.2) is 11.2 Å². The van der Waals surface area contributed by atoms with Crippen LogP contribution in [0.1, 0.15) is 50.9 Å². The fourth-order valence-electron chi connectivity index (χ4n) is 3.71. The van der Waals surface area contributed by atoms with Crippen molar-refractivity contribution in [1.82, 2.24) is 18.7 Å². The van der Waals surface area contributed by atoms with Gasteiger partial charge in [0.25, 0.3) is 5.56 Å². The Morgan fingerprint density at radius 2 is 1.73 bits per heavy atom.